The summed E-state index contributed by atoms with van der Waals surface area (Å²) in [5.74, 6) is 1.28. The number of amides is 1. The van der Waals surface area contributed by atoms with Crippen LogP contribution in [-0.2, 0) is 11.3 Å². The van der Waals surface area contributed by atoms with Crippen molar-refractivity contribution in [1.82, 2.24) is 14.7 Å². The third-order valence-corrected chi connectivity index (χ3v) is 5.06. The van der Waals surface area contributed by atoms with Gasteiger partial charge in [-0.1, -0.05) is 18.2 Å². The summed E-state index contributed by atoms with van der Waals surface area (Å²) in [6, 6.07) is 15.5. The van der Waals surface area contributed by atoms with E-state index in [4.69, 9.17) is 9.47 Å². The number of aromatic nitrogens is 2. The molecule has 6 heteroatoms. The van der Waals surface area contributed by atoms with E-state index < -0.39 is 0 Å². The van der Waals surface area contributed by atoms with Crippen molar-refractivity contribution >= 4 is 12.0 Å². The smallest absolute Gasteiger partial charge is 0.246 e. The molecule has 6 nitrogen and oxygen atoms in total. The number of para-hydroxylation sites is 1. The highest BCUT2D eigenvalue weighted by Gasteiger charge is 2.16. The van der Waals surface area contributed by atoms with Crippen LogP contribution >= 0.6 is 0 Å². The Hall–Kier alpha value is -3.54. The van der Waals surface area contributed by atoms with E-state index in [0.717, 1.165) is 28.2 Å². The van der Waals surface area contributed by atoms with Crippen LogP contribution in [0.3, 0.4) is 0 Å². The first-order valence-electron chi connectivity index (χ1n) is 9.70. The van der Waals surface area contributed by atoms with Crippen LogP contribution in [0.5, 0.6) is 11.5 Å². The van der Waals surface area contributed by atoms with Crippen LogP contribution in [0.4, 0.5) is 0 Å². The fourth-order valence-electron chi connectivity index (χ4n) is 3.30. The fraction of sp³-hybridized carbons (Fsp3) is 0.250. The Bertz CT molecular complexity index is 1060. The first kappa shape index (κ1) is 21.2. The van der Waals surface area contributed by atoms with Crippen molar-refractivity contribution in [2.24, 2.45) is 0 Å². The van der Waals surface area contributed by atoms with Crippen molar-refractivity contribution in [3.8, 4) is 17.2 Å². The molecule has 156 valence electrons. The molecule has 0 N–H and O–H groups in total. The zero-order chi connectivity index (χ0) is 21.7. The quantitative estimate of drug-likeness (QED) is 0.554. The molecule has 0 saturated heterocycles. The summed E-state index contributed by atoms with van der Waals surface area (Å²) in [7, 11) is 4.99. The highest BCUT2D eigenvalue weighted by Crippen LogP contribution is 2.25. The summed E-state index contributed by atoms with van der Waals surface area (Å²) in [6.07, 6.45) is 3.29. The number of methoxy groups -OCH3 is 2. The van der Waals surface area contributed by atoms with Gasteiger partial charge in [-0.25, -0.2) is 4.68 Å². The van der Waals surface area contributed by atoms with Gasteiger partial charge in [-0.15, -0.1) is 0 Å². The molecule has 1 amide bonds. The lowest BCUT2D eigenvalue weighted by Crippen LogP contribution is -2.24. The summed E-state index contributed by atoms with van der Waals surface area (Å²) in [5.41, 5.74) is 4.76. The molecular weight excluding hydrogens is 378 g/mol. The summed E-state index contributed by atoms with van der Waals surface area (Å²) in [4.78, 5) is 14.4. The minimum atomic E-state index is -0.105. The Morgan fingerprint density at radius 2 is 1.83 bits per heavy atom. The normalized spacial score (nSPS) is 11.0. The highest BCUT2D eigenvalue weighted by molar-refractivity contribution is 5.92. The minimum Gasteiger partial charge on any atom is -0.497 e. The van der Waals surface area contributed by atoms with Gasteiger partial charge >= 0.3 is 0 Å². The topological polar surface area (TPSA) is 56.6 Å². The number of benzene rings is 2. The molecule has 3 aromatic rings. The molecule has 30 heavy (non-hydrogen) atoms. The first-order valence-corrected chi connectivity index (χ1v) is 9.70. The molecule has 1 heterocycles. The number of aryl methyl sites for hydroxylation is 1. The third kappa shape index (κ3) is 4.54. The highest BCUT2D eigenvalue weighted by atomic mass is 16.5. The van der Waals surface area contributed by atoms with Gasteiger partial charge in [0.05, 0.1) is 25.6 Å². The molecular formula is C24H27N3O3. The molecule has 0 radical (unpaired) electrons. The van der Waals surface area contributed by atoms with Gasteiger partial charge in [-0.2, -0.15) is 5.10 Å². The number of hydrogen-bond donors (Lipinski definition) is 0. The van der Waals surface area contributed by atoms with E-state index in [-0.39, 0.29) is 5.91 Å². The standard InChI is InChI=1S/C24H27N3O3/c1-17-22(18(2)27(25-17)20-9-7-6-8-10-20)16-26(3)24(28)14-11-19-15-21(29-4)12-13-23(19)30-5/h6-15H,16H2,1-5H3/b14-11+. The van der Waals surface area contributed by atoms with E-state index in [1.807, 2.05) is 67.1 Å². The number of hydrogen-bond acceptors (Lipinski definition) is 4. The van der Waals surface area contributed by atoms with Gasteiger partial charge in [0, 0.05) is 36.5 Å². The molecule has 0 spiro atoms. The second-order valence-corrected chi connectivity index (χ2v) is 7.03. The lowest BCUT2D eigenvalue weighted by Gasteiger charge is -2.16. The van der Waals surface area contributed by atoms with E-state index in [0.29, 0.717) is 18.0 Å². The number of nitrogens with zero attached hydrogens (tertiary/aromatic N) is 3. The van der Waals surface area contributed by atoms with E-state index in [1.54, 1.807) is 38.3 Å². The lowest BCUT2D eigenvalue weighted by molar-refractivity contribution is -0.125. The van der Waals surface area contributed by atoms with Crippen LogP contribution in [0.15, 0.2) is 54.6 Å². The number of carbonyl (C=O) groups is 1. The van der Waals surface area contributed by atoms with Gasteiger partial charge in [-0.3, -0.25) is 4.79 Å². The van der Waals surface area contributed by atoms with Crippen molar-refractivity contribution in [3.63, 3.8) is 0 Å². The molecule has 0 fully saturated rings. The lowest BCUT2D eigenvalue weighted by atomic mass is 10.1. The van der Waals surface area contributed by atoms with Crippen LogP contribution in [-0.4, -0.2) is 41.9 Å². The average molecular weight is 405 g/mol. The van der Waals surface area contributed by atoms with E-state index >= 15 is 0 Å². The number of rotatable bonds is 7. The fourth-order valence-corrected chi connectivity index (χ4v) is 3.30. The molecule has 1 aromatic heterocycles. The largest absolute Gasteiger partial charge is 0.497 e. The maximum atomic E-state index is 12.7. The minimum absolute atomic E-state index is 0.105. The van der Waals surface area contributed by atoms with Crippen molar-refractivity contribution in [3.05, 3.63) is 77.1 Å². The van der Waals surface area contributed by atoms with Crippen LogP contribution in [0.1, 0.15) is 22.5 Å². The molecule has 0 aliphatic carbocycles. The van der Waals surface area contributed by atoms with Crippen LogP contribution in [0, 0.1) is 13.8 Å². The number of carbonyl (C=O) groups excluding carboxylic acids is 1. The molecule has 3 rings (SSSR count). The van der Waals surface area contributed by atoms with E-state index in [9.17, 15) is 4.79 Å². The van der Waals surface area contributed by atoms with Gasteiger partial charge in [-0.05, 0) is 50.3 Å². The van der Waals surface area contributed by atoms with Crippen molar-refractivity contribution in [1.29, 1.82) is 0 Å². The molecule has 0 bridgehead atoms. The van der Waals surface area contributed by atoms with Crippen LogP contribution < -0.4 is 9.47 Å². The molecule has 0 saturated carbocycles. The van der Waals surface area contributed by atoms with Gasteiger partial charge < -0.3 is 14.4 Å². The zero-order valence-electron chi connectivity index (χ0n) is 18.0. The summed E-state index contributed by atoms with van der Waals surface area (Å²) in [6.45, 7) is 4.47. The Morgan fingerprint density at radius 3 is 2.50 bits per heavy atom. The summed E-state index contributed by atoms with van der Waals surface area (Å²) < 4.78 is 12.5. The van der Waals surface area contributed by atoms with Crippen molar-refractivity contribution in [2.45, 2.75) is 20.4 Å². The van der Waals surface area contributed by atoms with Gasteiger partial charge in [0.15, 0.2) is 0 Å². The molecule has 0 atom stereocenters. The number of ether oxygens (including phenoxy) is 2. The van der Waals surface area contributed by atoms with Gasteiger partial charge in [0.2, 0.25) is 5.91 Å². The molecule has 0 aliphatic rings. The van der Waals surface area contributed by atoms with E-state index in [2.05, 4.69) is 5.10 Å². The van der Waals surface area contributed by atoms with Gasteiger partial charge in [0.1, 0.15) is 11.5 Å². The second-order valence-electron chi connectivity index (χ2n) is 7.03. The van der Waals surface area contributed by atoms with Crippen molar-refractivity contribution in [2.75, 3.05) is 21.3 Å². The summed E-state index contributed by atoms with van der Waals surface area (Å²) in [5, 5.41) is 4.66. The first-order chi connectivity index (χ1) is 14.4. The Labute approximate surface area is 177 Å². The third-order valence-electron chi connectivity index (χ3n) is 5.06. The van der Waals surface area contributed by atoms with Gasteiger partial charge in [0.25, 0.3) is 0 Å². The molecule has 2 aromatic carbocycles. The molecule has 0 aliphatic heterocycles. The SMILES string of the molecule is COc1ccc(OC)c(/C=C/C(=O)N(C)Cc2c(C)nn(-c3ccccc3)c2C)c1. The Balaban J connectivity index is 1.77. The molecule has 0 unspecified atom stereocenters. The monoisotopic (exact) mass is 405 g/mol. The zero-order valence-corrected chi connectivity index (χ0v) is 18.0. The number of likely N-dealkylation sites (N-methyl/N-ethyl adjacent to an activating group) is 1. The second kappa shape index (κ2) is 9.31. The summed E-state index contributed by atoms with van der Waals surface area (Å²) >= 11 is 0. The average Bonchev–Trinajstić information content (AvgIpc) is 3.05. The maximum Gasteiger partial charge on any atom is 0.246 e. The predicted molar refractivity (Wildman–Crippen MR) is 118 cm³/mol. The predicted octanol–water partition coefficient (Wildman–Crippen LogP) is 4.18. The van der Waals surface area contributed by atoms with Crippen LogP contribution in [0.25, 0.3) is 11.8 Å². The Morgan fingerprint density at radius 1 is 1.10 bits per heavy atom. The van der Waals surface area contributed by atoms with Crippen LogP contribution in [0.2, 0.25) is 0 Å². The van der Waals surface area contributed by atoms with E-state index in [1.165, 1.54) is 0 Å². The maximum absolute atomic E-state index is 12.7. The Kier molecular flexibility index (Phi) is 6.57. The van der Waals surface area contributed by atoms with Crippen molar-refractivity contribution < 1.29 is 14.3 Å².